The van der Waals surface area contributed by atoms with Gasteiger partial charge in [0.05, 0.1) is 11.3 Å². The Morgan fingerprint density at radius 3 is 2.37 bits per heavy atom. The third-order valence-electron chi connectivity index (χ3n) is 4.24. The van der Waals surface area contributed by atoms with E-state index in [1.165, 1.54) is 0 Å². The summed E-state index contributed by atoms with van der Waals surface area (Å²) in [7, 11) is 0. The number of pyridine rings is 2. The monoisotopic (exact) mass is 397 g/mol. The van der Waals surface area contributed by atoms with Gasteiger partial charge in [0.25, 0.3) is 5.91 Å². The van der Waals surface area contributed by atoms with Crippen molar-refractivity contribution in [3.05, 3.63) is 83.9 Å². The molecule has 4 rings (SSSR count). The molecule has 148 valence electrons. The lowest BCUT2D eigenvalue weighted by Crippen LogP contribution is -2.17. The van der Waals surface area contributed by atoms with Gasteiger partial charge in [-0.2, -0.15) is 9.97 Å². The highest BCUT2D eigenvalue weighted by molar-refractivity contribution is 6.04. The molecule has 0 fully saturated rings. The summed E-state index contributed by atoms with van der Waals surface area (Å²) in [5.41, 5.74) is 2.55. The van der Waals surface area contributed by atoms with Gasteiger partial charge in [0.1, 0.15) is 17.3 Å². The molecule has 0 unspecified atom stereocenters. The number of carbonyl (C=O) groups excluding carboxylic acids is 1. The Kier molecular flexibility index (Phi) is 5.38. The molecule has 3 aromatic heterocycles. The highest BCUT2D eigenvalue weighted by Crippen LogP contribution is 2.18. The van der Waals surface area contributed by atoms with Crippen molar-refractivity contribution in [3.8, 4) is 11.5 Å². The maximum Gasteiger partial charge on any atom is 0.259 e. The molecule has 0 aliphatic rings. The molecule has 0 saturated carbocycles. The zero-order valence-electron chi connectivity index (χ0n) is 16.5. The number of rotatable bonds is 5. The molecule has 0 aliphatic carbocycles. The minimum Gasteiger partial charge on any atom is -0.340 e. The molecule has 4 aromatic rings. The lowest BCUT2D eigenvalue weighted by Gasteiger charge is -2.10. The van der Waals surface area contributed by atoms with Crippen LogP contribution in [0.5, 0.6) is 0 Å². The third-order valence-corrected chi connectivity index (χ3v) is 4.24. The Balaban J connectivity index is 1.53. The highest BCUT2D eigenvalue weighted by Gasteiger charge is 2.14. The Hall–Kier alpha value is -4.20. The van der Waals surface area contributed by atoms with Gasteiger partial charge in [-0.1, -0.05) is 24.3 Å². The molecule has 0 aliphatic heterocycles. The molecule has 1 aromatic carbocycles. The van der Waals surface area contributed by atoms with Crippen LogP contribution in [0.4, 0.5) is 17.5 Å². The summed E-state index contributed by atoms with van der Waals surface area (Å²) in [5.74, 6) is 1.36. The molecule has 1 amide bonds. The van der Waals surface area contributed by atoms with Crippen molar-refractivity contribution in [2.24, 2.45) is 0 Å². The van der Waals surface area contributed by atoms with Gasteiger partial charge >= 0.3 is 0 Å². The van der Waals surface area contributed by atoms with E-state index in [0.29, 0.717) is 34.4 Å². The maximum atomic E-state index is 12.8. The van der Waals surface area contributed by atoms with E-state index < -0.39 is 0 Å². The fourth-order valence-corrected chi connectivity index (χ4v) is 2.86. The summed E-state index contributed by atoms with van der Waals surface area (Å²) in [6.45, 7) is 3.52. The number of aromatic nitrogens is 5. The minimum atomic E-state index is -0.344. The van der Waals surface area contributed by atoms with Crippen molar-refractivity contribution in [2.45, 2.75) is 13.8 Å². The van der Waals surface area contributed by atoms with E-state index >= 15 is 0 Å². The van der Waals surface area contributed by atoms with Crippen molar-refractivity contribution in [1.82, 2.24) is 24.9 Å². The number of para-hydroxylation sites is 1. The number of hydrogen-bond acceptors (Lipinski definition) is 7. The third kappa shape index (κ3) is 4.44. The average Bonchev–Trinajstić information content (AvgIpc) is 2.75. The Morgan fingerprint density at radius 1 is 0.833 bits per heavy atom. The van der Waals surface area contributed by atoms with Gasteiger partial charge in [-0.3, -0.25) is 15.1 Å². The van der Waals surface area contributed by atoms with E-state index in [1.807, 2.05) is 42.5 Å². The summed E-state index contributed by atoms with van der Waals surface area (Å²) in [5, 5.41) is 5.94. The number of nitrogens with one attached hydrogen (secondary N) is 2. The second-order valence-corrected chi connectivity index (χ2v) is 6.52. The first-order chi connectivity index (χ1) is 14.6. The van der Waals surface area contributed by atoms with Crippen molar-refractivity contribution >= 4 is 23.4 Å². The van der Waals surface area contributed by atoms with Crippen LogP contribution >= 0.6 is 0 Å². The summed E-state index contributed by atoms with van der Waals surface area (Å²) >= 11 is 0. The molecule has 2 N–H and O–H groups in total. The van der Waals surface area contributed by atoms with Crippen LogP contribution < -0.4 is 10.6 Å². The fraction of sp³-hybridized carbons (Fsp3) is 0.0909. The van der Waals surface area contributed by atoms with E-state index in [2.05, 4.69) is 35.6 Å². The first-order valence-electron chi connectivity index (χ1n) is 9.33. The predicted octanol–water partition coefficient (Wildman–Crippen LogP) is 3.94. The second kappa shape index (κ2) is 8.44. The molecule has 30 heavy (non-hydrogen) atoms. The normalized spacial score (nSPS) is 10.5. The number of hydrogen-bond donors (Lipinski definition) is 2. The molecule has 0 saturated heterocycles. The topological polar surface area (TPSA) is 106 Å². The van der Waals surface area contributed by atoms with Crippen molar-refractivity contribution in [1.29, 1.82) is 0 Å². The van der Waals surface area contributed by atoms with Gasteiger partial charge in [-0.05, 0) is 50.2 Å². The molecular weight excluding hydrogens is 378 g/mol. The number of aryl methyl sites for hydroxylation is 2. The quantitative estimate of drug-likeness (QED) is 0.525. The Labute approximate surface area is 173 Å². The van der Waals surface area contributed by atoms with Gasteiger partial charge in [-0.25, -0.2) is 9.97 Å². The number of nitrogens with zero attached hydrogens (tertiary/aromatic N) is 5. The van der Waals surface area contributed by atoms with Gasteiger partial charge < -0.3 is 5.32 Å². The largest absolute Gasteiger partial charge is 0.340 e. The average molecular weight is 397 g/mol. The summed E-state index contributed by atoms with van der Waals surface area (Å²) < 4.78 is 0. The number of anilines is 3. The number of benzene rings is 1. The smallest absolute Gasteiger partial charge is 0.259 e. The van der Waals surface area contributed by atoms with E-state index in [-0.39, 0.29) is 11.9 Å². The highest BCUT2D eigenvalue weighted by atomic mass is 16.1. The second-order valence-electron chi connectivity index (χ2n) is 6.52. The van der Waals surface area contributed by atoms with Crippen LogP contribution in [0.3, 0.4) is 0 Å². The summed E-state index contributed by atoms with van der Waals surface area (Å²) in [6, 6.07) is 18.6. The Bertz CT molecular complexity index is 1180. The molecular formula is C22H19N7O. The molecule has 3 heterocycles. The van der Waals surface area contributed by atoms with Crippen LogP contribution in [0, 0.1) is 13.8 Å². The van der Waals surface area contributed by atoms with Crippen LogP contribution in [0.25, 0.3) is 11.5 Å². The number of carbonyl (C=O) groups is 1. The van der Waals surface area contributed by atoms with E-state index in [1.54, 1.807) is 38.2 Å². The predicted molar refractivity (Wildman–Crippen MR) is 114 cm³/mol. The summed E-state index contributed by atoms with van der Waals surface area (Å²) in [6.07, 6.45) is 1.66. The zero-order valence-corrected chi connectivity index (χ0v) is 16.5. The van der Waals surface area contributed by atoms with Crippen molar-refractivity contribution in [3.63, 3.8) is 0 Å². The van der Waals surface area contributed by atoms with Gasteiger partial charge in [0, 0.05) is 11.9 Å². The molecule has 8 nitrogen and oxygen atoms in total. The van der Waals surface area contributed by atoms with E-state index in [4.69, 9.17) is 0 Å². The standard InChI is InChI=1S/C22H19N7O/c1-14-17(11-12-19(24-14)27-16-8-4-3-5-9-16)21(30)29-22-26-15(2)25-20(28-22)18-10-6-7-13-23-18/h3-13H,1-2H3,(H,24,27)(H,25,26,28,29,30). The van der Waals surface area contributed by atoms with E-state index in [0.717, 1.165) is 5.69 Å². The van der Waals surface area contributed by atoms with Crippen LogP contribution in [0.1, 0.15) is 21.9 Å². The van der Waals surface area contributed by atoms with E-state index in [9.17, 15) is 4.79 Å². The fourth-order valence-electron chi connectivity index (χ4n) is 2.86. The number of amides is 1. The van der Waals surface area contributed by atoms with Crippen LogP contribution in [0.2, 0.25) is 0 Å². The minimum absolute atomic E-state index is 0.166. The molecule has 0 radical (unpaired) electrons. The lowest BCUT2D eigenvalue weighted by atomic mass is 10.2. The van der Waals surface area contributed by atoms with Crippen LogP contribution in [-0.2, 0) is 0 Å². The van der Waals surface area contributed by atoms with Gasteiger partial charge in [0.15, 0.2) is 5.82 Å². The van der Waals surface area contributed by atoms with Crippen molar-refractivity contribution < 1.29 is 4.79 Å². The molecule has 0 bridgehead atoms. The first-order valence-corrected chi connectivity index (χ1v) is 9.33. The first kappa shape index (κ1) is 19.1. The van der Waals surface area contributed by atoms with Gasteiger partial charge in [-0.15, -0.1) is 0 Å². The molecule has 0 atom stereocenters. The van der Waals surface area contributed by atoms with Crippen LogP contribution in [0.15, 0.2) is 66.9 Å². The van der Waals surface area contributed by atoms with Crippen LogP contribution in [-0.4, -0.2) is 30.8 Å². The SMILES string of the molecule is Cc1nc(NC(=O)c2ccc(Nc3ccccc3)nc2C)nc(-c2ccccn2)n1. The van der Waals surface area contributed by atoms with Gasteiger partial charge in [0.2, 0.25) is 5.95 Å². The summed E-state index contributed by atoms with van der Waals surface area (Å²) in [4.78, 5) is 34.3. The molecule has 8 heteroatoms. The lowest BCUT2D eigenvalue weighted by molar-refractivity contribution is 0.102. The maximum absolute atomic E-state index is 12.8. The zero-order chi connectivity index (χ0) is 20.9. The van der Waals surface area contributed by atoms with Crippen molar-refractivity contribution in [2.75, 3.05) is 10.6 Å². The molecule has 0 spiro atoms. The Morgan fingerprint density at radius 2 is 1.63 bits per heavy atom.